The molecule has 0 spiro atoms. The highest BCUT2D eigenvalue weighted by molar-refractivity contribution is 6.29. The van der Waals surface area contributed by atoms with E-state index in [-0.39, 0.29) is 11.1 Å². The molecule has 5 nitrogen and oxygen atoms in total. The van der Waals surface area contributed by atoms with Gasteiger partial charge in [0.25, 0.3) is 5.91 Å². The van der Waals surface area contributed by atoms with Crippen molar-refractivity contribution < 1.29 is 14.7 Å². The Hall–Kier alpha value is -1.62. The number of hydrogen-bond donors (Lipinski definition) is 1. The van der Waals surface area contributed by atoms with Gasteiger partial charge in [-0.25, -0.2) is 9.78 Å². The van der Waals surface area contributed by atoms with Gasteiger partial charge in [0.1, 0.15) is 11.2 Å². The molecule has 1 unspecified atom stereocenters. The third-order valence-corrected chi connectivity index (χ3v) is 3.95. The molecule has 0 radical (unpaired) electrons. The standard InChI is InChI=1S/C14H17ClN2O3/c1-14(2)5-3-7-17(11(14)13(19)20)12(18)9-4-6-16-10(15)8-9/h4,6,8,11H,3,5,7H2,1-2H3,(H,19,20). The van der Waals surface area contributed by atoms with E-state index in [9.17, 15) is 14.7 Å². The van der Waals surface area contributed by atoms with Gasteiger partial charge in [0.2, 0.25) is 0 Å². The summed E-state index contributed by atoms with van der Waals surface area (Å²) in [7, 11) is 0. The number of aromatic nitrogens is 1. The van der Waals surface area contributed by atoms with Crippen molar-refractivity contribution in [2.45, 2.75) is 32.7 Å². The number of carbonyl (C=O) groups excluding carboxylic acids is 1. The molecule has 1 saturated heterocycles. The molecule has 1 amide bonds. The zero-order valence-electron chi connectivity index (χ0n) is 11.5. The lowest BCUT2D eigenvalue weighted by atomic mass is 9.76. The third kappa shape index (κ3) is 2.77. The van der Waals surface area contributed by atoms with Gasteiger partial charge in [-0.1, -0.05) is 25.4 Å². The average molecular weight is 297 g/mol. The summed E-state index contributed by atoms with van der Waals surface area (Å²) < 4.78 is 0. The summed E-state index contributed by atoms with van der Waals surface area (Å²) in [5.41, 5.74) is -0.0785. The Kier molecular flexibility index (Phi) is 3.99. The maximum Gasteiger partial charge on any atom is 0.326 e. The number of amides is 1. The molecule has 1 fully saturated rings. The number of pyridine rings is 1. The number of carbonyl (C=O) groups is 2. The Morgan fingerprint density at radius 2 is 2.20 bits per heavy atom. The maximum absolute atomic E-state index is 12.5. The van der Waals surface area contributed by atoms with Crippen LogP contribution >= 0.6 is 11.6 Å². The van der Waals surface area contributed by atoms with Crippen LogP contribution in [0.4, 0.5) is 0 Å². The molecule has 1 aromatic rings. The molecule has 2 rings (SSSR count). The Labute approximate surface area is 122 Å². The van der Waals surface area contributed by atoms with Crippen LogP contribution in [-0.2, 0) is 4.79 Å². The first kappa shape index (κ1) is 14.8. The highest BCUT2D eigenvalue weighted by Crippen LogP contribution is 2.36. The topological polar surface area (TPSA) is 70.5 Å². The normalized spacial score (nSPS) is 21.6. The second kappa shape index (κ2) is 5.40. The van der Waals surface area contributed by atoms with Crippen molar-refractivity contribution >= 4 is 23.5 Å². The van der Waals surface area contributed by atoms with E-state index in [0.29, 0.717) is 12.1 Å². The summed E-state index contributed by atoms with van der Waals surface area (Å²) in [5.74, 6) is -1.28. The predicted molar refractivity (Wildman–Crippen MR) is 74.7 cm³/mol. The van der Waals surface area contributed by atoms with E-state index >= 15 is 0 Å². The van der Waals surface area contributed by atoms with Gasteiger partial charge >= 0.3 is 5.97 Å². The first-order chi connectivity index (χ1) is 9.33. The van der Waals surface area contributed by atoms with E-state index in [0.717, 1.165) is 12.8 Å². The molecule has 0 saturated carbocycles. The van der Waals surface area contributed by atoms with Gasteiger partial charge in [0.05, 0.1) is 0 Å². The Morgan fingerprint density at radius 1 is 1.50 bits per heavy atom. The van der Waals surface area contributed by atoms with Gasteiger partial charge in [-0.3, -0.25) is 4.79 Å². The summed E-state index contributed by atoms with van der Waals surface area (Å²) in [6.45, 7) is 4.20. The minimum Gasteiger partial charge on any atom is -0.480 e. The Morgan fingerprint density at radius 3 is 2.80 bits per heavy atom. The van der Waals surface area contributed by atoms with Gasteiger partial charge in [-0.05, 0) is 30.4 Å². The average Bonchev–Trinajstić information content (AvgIpc) is 2.35. The lowest BCUT2D eigenvalue weighted by Crippen LogP contribution is -2.56. The molecule has 2 heterocycles. The number of aliphatic carboxylic acids is 1. The SMILES string of the molecule is CC1(C)CCCN(C(=O)c2ccnc(Cl)c2)C1C(=O)O. The van der Waals surface area contributed by atoms with E-state index in [1.54, 1.807) is 6.07 Å². The van der Waals surface area contributed by atoms with Crippen LogP contribution in [0.2, 0.25) is 5.15 Å². The molecule has 6 heteroatoms. The molecule has 0 bridgehead atoms. The Balaban J connectivity index is 2.34. The molecular formula is C14H17ClN2O3. The van der Waals surface area contributed by atoms with E-state index in [1.807, 2.05) is 13.8 Å². The summed E-state index contributed by atoms with van der Waals surface area (Å²) >= 11 is 5.78. The monoisotopic (exact) mass is 296 g/mol. The fraction of sp³-hybridized carbons (Fsp3) is 0.500. The predicted octanol–water partition coefficient (Wildman–Crippen LogP) is 2.45. The van der Waals surface area contributed by atoms with Crippen molar-refractivity contribution in [3.05, 3.63) is 29.0 Å². The second-order valence-corrected chi connectivity index (χ2v) is 6.09. The van der Waals surface area contributed by atoms with Crippen molar-refractivity contribution in [3.8, 4) is 0 Å². The molecule has 1 aromatic heterocycles. The van der Waals surface area contributed by atoms with Crippen molar-refractivity contribution in [1.29, 1.82) is 0 Å². The largest absolute Gasteiger partial charge is 0.480 e. The van der Waals surface area contributed by atoms with E-state index in [4.69, 9.17) is 11.6 Å². The van der Waals surface area contributed by atoms with Crippen LogP contribution in [0.25, 0.3) is 0 Å². The summed E-state index contributed by atoms with van der Waals surface area (Å²) in [5, 5.41) is 9.68. The molecule has 1 N–H and O–H groups in total. The minimum absolute atomic E-state index is 0.221. The van der Waals surface area contributed by atoms with Gasteiger partial charge < -0.3 is 10.0 Å². The van der Waals surface area contributed by atoms with Crippen molar-refractivity contribution in [3.63, 3.8) is 0 Å². The van der Waals surface area contributed by atoms with Crippen LogP contribution in [0.5, 0.6) is 0 Å². The number of nitrogens with zero attached hydrogens (tertiary/aromatic N) is 2. The van der Waals surface area contributed by atoms with Crippen LogP contribution in [0.15, 0.2) is 18.3 Å². The number of carboxylic acids is 1. The molecule has 1 aliphatic heterocycles. The first-order valence-corrected chi connectivity index (χ1v) is 6.86. The highest BCUT2D eigenvalue weighted by atomic mass is 35.5. The quantitative estimate of drug-likeness (QED) is 0.851. The number of piperidine rings is 1. The van der Waals surface area contributed by atoms with Gasteiger partial charge in [-0.15, -0.1) is 0 Å². The fourth-order valence-electron chi connectivity index (χ4n) is 2.78. The van der Waals surface area contributed by atoms with E-state index in [1.165, 1.54) is 17.2 Å². The second-order valence-electron chi connectivity index (χ2n) is 5.70. The first-order valence-electron chi connectivity index (χ1n) is 6.48. The van der Waals surface area contributed by atoms with Crippen LogP contribution in [0, 0.1) is 5.41 Å². The molecular weight excluding hydrogens is 280 g/mol. The number of hydrogen-bond acceptors (Lipinski definition) is 3. The minimum atomic E-state index is -0.969. The summed E-state index contributed by atoms with van der Waals surface area (Å²) in [4.78, 5) is 29.3. The zero-order valence-corrected chi connectivity index (χ0v) is 12.2. The smallest absolute Gasteiger partial charge is 0.326 e. The van der Waals surface area contributed by atoms with Crippen LogP contribution in [-0.4, -0.2) is 39.5 Å². The van der Waals surface area contributed by atoms with E-state index < -0.39 is 17.4 Å². The summed E-state index contributed by atoms with van der Waals surface area (Å²) in [6, 6.07) is 2.19. The molecule has 1 atom stereocenters. The van der Waals surface area contributed by atoms with Crippen LogP contribution in [0.1, 0.15) is 37.0 Å². The molecule has 1 aliphatic rings. The van der Waals surface area contributed by atoms with Gasteiger partial charge in [0.15, 0.2) is 0 Å². The van der Waals surface area contributed by atoms with Crippen molar-refractivity contribution in [2.24, 2.45) is 5.41 Å². The lowest BCUT2D eigenvalue weighted by molar-refractivity contribution is -0.148. The zero-order chi connectivity index (χ0) is 14.9. The fourth-order valence-corrected chi connectivity index (χ4v) is 2.95. The lowest BCUT2D eigenvalue weighted by Gasteiger charge is -2.44. The number of rotatable bonds is 2. The molecule has 0 aliphatic carbocycles. The highest BCUT2D eigenvalue weighted by Gasteiger charge is 2.44. The molecule has 0 aromatic carbocycles. The number of carboxylic acid groups (broad SMARTS) is 1. The Bertz CT molecular complexity index is 545. The molecule has 108 valence electrons. The van der Waals surface area contributed by atoms with Crippen molar-refractivity contribution in [2.75, 3.05) is 6.54 Å². The third-order valence-electron chi connectivity index (χ3n) is 3.74. The number of likely N-dealkylation sites (tertiary alicyclic amines) is 1. The summed E-state index contributed by atoms with van der Waals surface area (Å²) in [6.07, 6.45) is 3.02. The van der Waals surface area contributed by atoms with Crippen molar-refractivity contribution in [1.82, 2.24) is 9.88 Å². The number of halogens is 1. The van der Waals surface area contributed by atoms with E-state index in [2.05, 4.69) is 4.98 Å². The van der Waals surface area contributed by atoms with Crippen LogP contribution in [0.3, 0.4) is 0 Å². The molecule has 20 heavy (non-hydrogen) atoms. The van der Waals surface area contributed by atoms with Gasteiger partial charge in [-0.2, -0.15) is 0 Å². The van der Waals surface area contributed by atoms with Crippen LogP contribution < -0.4 is 0 Å². The van der Waals surface area contributed by atoms with Gasteiger partial charge in [0, 0.05) is 18.3 Å². The maximum atomic E-state index is 12.5.